The van der Waals surface area contributed by atoms with E-state index in [2.05, 4.69) is 26.9 Å². The number of alkyl carbamates (subject to hydrolysis) is 1. The molecule has 1 aromatic rings. The number of rotatable bonds is 6. The molecule has 2 rings (SSSR count). The number of benzene rings is 1. The van der Waals surface area contributed by atoms with Crippen molar-refractivity contribution in [3.8, 4) is 0 Å². The molecule has 0 aliphatic carbocycles. The zero-order valence-corrected chi connectivity index (χ0v) is 22.8. The summed E-state index contributed by atoms with van der Waals surface area (Å²) < 4.78 is 16.2. The lowest BCUT2D eigenvalue weighted by Gasteiger charge is -2.27. The monoisotopic (exact) mass is 528 g/mol. The van der Waals surface area contributed by atoms with Crippen LogP contribution in [0.15, 0.2) is 53.1 Å². The van der Waals surface area contributed by atoms with Gasteiger partial charge in [-0.1, -0.05) is 41.5 Å². The summed E-state index contributed by atoms with van der Waals surface area (Å²) in [5, 5.41) is 6.35. The van der Waals surface area contributed by atoms with Gasteiger partial charge in [-0.25, -0.2) is 9.59 Å². The average molecular weight is 529 g/mol. The maximum Gasteiger partial charge on any atom is 0.437 e. The number of likely N-dealkylation sites (tertiary alicyclic amines) is 1. The van der Waals surface area contributed by atoms with E-state index in [1.54, 1.807) is 59.8 Å². The molecule has 206 valence electrons. The summed E-state index contributed by atoms with van der Waals surface area (Å²) in [7, 11) is 0. The van der Waals surface area contributed by atoms with Crippen molar-refractivity contribution < 1.29 is 28.6 Å². The first-order valence-corrected chi connectivity index (χ1v) is 12.1. The van der Waals surface area contributed by atoms with Crippen LogP contribution in [0.1, 0.15) is 53.5 Å². The summed E-state index contributed by atoms with van der Waals surface area (Å²) in [4.78, 5) is 46.9. The summed E-state index contributed by atoms with van der Waals surface area (Å²) in [6.07, 6.45) is 0.0405. The van der Waals surface area contributed by atoms with Gasteiger partial charge in [-0.05, 0) is 59.1 Å². The molecule has 12 heteroatoms. The van der Waals surface area contributed by atoms with Crippen molar-refractivity contribution in [1.29, 1.82) is 0 Å². The lowest BCUT2D eigenvalue weighted by molar-refractivity contribution is -0.152. The SMILES string of the molecule is C=CC[C@H]1CN(/C(=N\C(=O)OC(C)(C)C)NC(=O)OC(C)(C)C)C[C@@]1(N=[N+]=[N-])C(=O)OCc1ccccc1. The number of amides is 2. The summed E-state index contributed by atoms with van der Waals surface area (Å²) >= 11 is 0. The van der Waals surface area contributed by atoms with Gasteiger partial charge in [0.2, 0.25) is 5.96 Å². The van der Waals surface area contributed by atoms with Crippen molar-refractivity contribution in [3.05, 3.63) is 59.0 Å². The van der Waals surface area contributed by atoms with Crippen molar-refractivity contribution in [2.24, 2.45) is 16.0 Å². The van der Waals surface area contributed by atoms with E-state index in [1.165, 1.54) is 4.90 Å². The van der Waals surface area contributed by atoms with E-state index in [0.29, 0.717) is 0 Å². The molecule has 0 unspecified atom stereocenters. The van der Waals surface area contributed by atoms with Crippen LogP contribution >= 0.6 is 0 Å². The number of guanidine groups is 1. The van der Waals surface area contributed by atoms with Crippen LogP contribution in [0.5, 0.6) is 0 Å². The van der Waals surface area contributed by atoms with Crippen LogP contribution in [0, 0.1) is 5.92 Å². The van der Waals surface area contributed by atoms with Crippen LogP contribution in [0.3, 0.4) is 0 Å². The minimum absolute atomic E-state index is 0.0296. The molecule has 0 radical (unpaired) electrons. The van der Waals surface area contributed by atoms with E-state index in [1.807, 2.05) is 18.2 Å². The summed E-state index contributed by atoms with van der Waals surface area (Å²) in [5.74, 6) is -1.56. The first-order chi connectivity index (χ1) is 17.7. The normalized spacial score (nSPS) is 19.7. The Bertz CT molecular complexity index is 1100. The topological polar surface area (TPSA) is 155 Å². The van der Waals surface area contributed by atoms with Gasteiger partial charge in [0.25, 0.3) is 0 Å². The van der Waals surface area contributed by atoms with Crippen LogP contribution in [-0.2, 0) is 25.6 Å². The molecule has 1 aliphatic heterocycles. The van der Waals surface area contributed by atoms with E-state index >= 15 is 0 Å². The van der Waals surface area contributed by atoms with Crippen molar-refractivity contribution in [2.45, 2.75) is 71.3 Å². The molecule has 1 N–H and O–H groups in total. The van der Waals surface area contributed by atoms with Crippen molar-refractivity contribution in [1.82, 2.24) is 10.2 Å². The Morgan fingerprint density at radius 3 is 2.34 bits per heavy atom. The van der Waals surface area contributed by atoms with Crippen LogP contribution in [-0.4, -0.2) is 58.8 Å². The van der Waals surface area contributed by atoms with Gasteiger partial charge in [0.05, 0.1) is 0 Å². The van der Waals surface area contributed by atoms with E-state index in [4.69, 9.17) is 14.2 Å². The van der Waals surface area contributed by atoms with Gasteiger partial charge in [-0.3, -0.25) is 10.1 Å². The second kappa shape index (κ2) is 12.5. The van der Waals surface area contributed by atoms with Crippen LogP contribution in [0.25, 0.3) is 10.4 Å². The Kier molecular flexibility index (Phi) is 9.90. The minimum Gasteiger partial charge on any atom is -0.460 e. The molecule has 1 fully saturated rings. The molecule has 0 aromatic heterocycles. The third-order valence-corrected chi connectivity index (χ3v) is 5.29. The minimum atomic E-state index is -1.68. The highest BCUT2D eigenvalue weighted by Gasteiger charge is 2.54. The number of nitrogens with one attached hydrogen (secondary N) is 1. The van der Waals surface area contributed by atoms with E-state index in [9.17, 15) is 19.9 Å². The Morgan fingerprint density at radius 2 is 1.79 bits per heavy atom. The van der Waals surface area contributed by atoms with Gasteiger partial charge in [0, 0.05) is 23.9 Å². The highest BCUT2D eigenvalue weighted by molar-refractivity contribution is 5.99. The molecule has 1 aromatic carbocycles. The number of nitrogens with zero attached hydrogens (tertiary/aromatic N) is 5. The quantitative estimate of drug-likeness (QED) is 0.0786. The first kappa shape index (κ1) is 30.2. The standard InChI is InChI=1S/C26H36N6O6/c1-8-12-19-15-32(17-26(19,30-31-27)20(33)36-16-18-13-10-9-11-14-18)21(28-22(34)37-24(2,3)4)29-23(35)38-25(5,6)7/h8-11,13-14,19H,1,12,15-17H2,2-7H3,(H,28,29,34,35)/t19-,26-/m0/s1. The zero-order chi connectivity index (χ0) is 28.6. The third kappa shape index (κ3) is 8.81. The number of allylic oxidation sites excluding steroid dienone is 1. The average Bonchev–Trinajstić information content (AvgIpc) is 3.15. The number of carbonyl (C=O) groups is 3. The second-order valence-electron chi connectivity index (χ2n) is 10.8. The molecule has 1 heterocycles. The second-order valence-corrected chi connectivity index (χ2v) is 10.8. The highest BCUT2D eigenvalue weighted by atomic mass is 16.6. The maximum atomic E-state index is 13.4. The number of hydrogen-bond acceptors (Lipinski definition) is 7. The predicted molar refractivity (Wildman–Crippen MR) is 141 cm³/mol. The third-order valence-electron chi connectivity index (χ3n) is 5.29. The van der Waals surface area contributed by atoms with E-state index in [-0.39, 0.29) is 32.1 Å². The zero-order valence-electron chi connectivity index (χ0n) is 22.8. The van der Waals surface area contributed by atoms with Crippen molar-refractivity contribution >= 4 is 24.1 Å². The summed E-state index contributed by atoms with van der Waals surface area (Å²) in [6, 6.07) is 9.06. The number of azide groups is 1. The predicted octanol–water partition coefficient (Wildman–Crippen LogP) is 5.10. The van der Waals surface area contributed by atoms with Gasteiger partial charge in [-0.15, -0.1) is 11.6 Å². The molecule has 12 nitrogen and oxygen atoms in total. The molecule has 2 amide bonds. The van der Waals surface area contributed by atoms with Gasteiger partial charge < -0.3 is 19.1 Å². The van der Waals surface area contributed by atoms with E-state index < -0.39 is 40.8 Å². The van der Waals surface area contributed by atoms with Gasteiger partial charge in [-0.2, -0.15) is 0 Å². The summed E-state index contributed by atoms with van der Waals surface area (Å²) in [6.45, 7) is 13.7. The summed E-state index contributed by atoms with van der Waals surface area (Å²) in [5.41, 5.74) is 6.80. The van der Waals surface area contributed by atoms with Crippen LogP contribution < -0.4 is 5.32 Å². The molecule has 0 spiro atoms. The molecule has 0 saturated carbocycles. The molecule has 1 saturated heterocycles. The Hall–Kier alpha value is -4.05. The molecule has 0 bridgehead atoms. The Labute approximate surface area is 222 Å². The van der Waals surface area contributed by atoms with Crippen molar-refractivity contribution in [3.63, 3.8) is 0 Å². The Balaban J connectivity index is 2.43. The van der Waals surface area contributed by atoms with E-state index in [0.717, 1.165) is 5.56 Å². The number of carbonyl (C=O) groups excluding carboxylic acids is 3. The highest BCUT2D eigenvalue weighted by Crippen LogP contribution is 2.36. The maximum absolute atomic E-state index is 13.4. The lowest BCUT2D eigenvalue weighted by atomic mass is 9.85. The number of esters is 1. The van der Waals surface area contributed by atoms with Crippen molar-refractivity contribution in [2.75, 3.05) is 13.1 Å². The fourth-order valence-electron chi connectivity index (χ4n) is 3.79. The smallest absolute Gasteiger partial charge is 0.437 e. The van der Waals surface area contributed by atoms with Crippen LogP contribution in [0.2, 0.25) is 0 Å². The molecule has 1 aliphatic rings. The van der Waals surface area contributed by atoms with Gasteiger partial charge >= 0.3 is 18.2 Å². The Morgan fingerprint density at radius 1 is 1.16 bits per heavy atom. The lowest BCUT2D eigenvalue weighted by Crippen LogP contribution is -2.49. The van der Waals surface area contributed by atoms with Gasteiger partial charge in [0.1, 0.15) is 17.8 Å². The van der Waals surface area contributed by atoms with Crippen LogP contribution in [0.4, 0.5) is 9.59 Å². The number of hydrogen-bond donors (Lipinski definition) is 1. The fourth-order valence-corrected chi connectivity index (χ4v) is 3.79. The fraction of sp³-hybridized carbons (Fsp3) is 0.538. The first-order valence-electron chi connectivity index (χ1n) is 12.1. The molecule has 2 atom stereocenters. The molecular formula is C26H36N6O6. The number of aliphatic imine (C=N–C) groups is 1. The molecular weight excluding hydrogens is 492 g/mol. The molecule has 38 heavy (non-hydrogen) atoms. The number of ether oxygens (including phenoxy) is 3. The largest absolute Gasteiger partial charge is 0.460 e. The van der Waals surface area contributed by atoms with Gasteiger partial charge in [0.15, 0.2) is 5.54 Å².